The molecule has 0 radical (unpaired) electrons. The molecule has 0 aromatic heterocycles. The zero-order valence-electron chi connectivity index (χ0n) is 17.0. The standard InChI is InChI=1S/C21H21BrN2O6/c1-5-28-18-8-6-14(10-19(18)29-13(3)26)21-24(12(2)25)23-20(30-21)16-11-15(22)7-9-17(16)27-4/h6-11,21H,5H2,1-4H3/t21-/m0/s1. The van der Waals surface area contributed by atoms with E-state index in [1.165, 1.54) is 18.9 Å². The molecule has 158 valence electrons. The van der Waals surface area contributed by atoms with Gasteiger partial charge >= 0.3 is 5.97 Å². The Balaban J connectivity index is 2.00. The SMILES string of the molecule is CCOc1ccc([C@@H]2OC(c3cc(Br)ccc3OC)=NN2C(C)=O)cc1OC(C)=O. The zero-order chi connectivity index (χ0) is 21.8. The predicted molar refractivity (Wildman–Crippen MR) is 112 cm³/mol. The lowest BCUT2D eigenvalue weighted by atomic mass is 10.1. The largest absolute Gasteiger partial charge is 0.496 e. The molecule has 2 aromatic rings. The van der Waals surface area contributed by atoms with Gasteiger partial charge in [-0.05, 0) is 43.3 Å². The van der Waals surface area contributed by atoms with E-state index in [1.54, 1.807) is 37.4 Å². The second-order valence-corrected chi connectivity index (χ2v) is 7.23. The van der Waals surface area contributed by atoms with Gasteiger partial charge in [-0.25, -0.2) is 0 Å². The average molecular weight is 477 g/mol. The molecular weight excluding hydrogens is 456 g/mol. The minimum Gasteiger partial charge on any atom is -0.496 e. The van der Waals surface area contributed by atoms with E-state index in [0.717, 1.165) is 4.47 Å². The topological polar surface area (TPSA) is 86.7 Å². The van der Waals surface area contributed by atoms with Crippen molar-refractivity contribution in [2.24, 2.45) is 5.10 Å². The van der Waals surface area contributed by atoms with Gasteiger partial charge in [0.1, 0.15) is 5.75 Å². The first-order valence-corrected chi connectivity index (χ1v) is 9.97. The van der Waals surface area contributed by atoms with E-state index in [0.29, 0.717) is 29.2 Å². The maximum atomic E-state index is 12.2. The van der Waals surface area contributed by atoms with Gasteiger partial charge in [0, 0.05) is 23.9 Å². The fourth-order valence-corrected chi connectivity index (χ4v) is 3.29. The number of amides is 1. The summed E-state index contributed by atoms with van der Waals surface area (Å²) in [4.78, 5) is 23.7. The van der Waals surface area contributed by atoms with Gasteiger partial charge in [-0.2, -0.15) is 5.01 Å². The number of hydrazone groups is 1. The number of halogens is 1. The Morgan fingerprint density at radius 2 is 1.87 bits per heavy atom. The van der Waals surface area contributed by atoms with Crippen molar-refractivity contribution in [3.63, 3.8) is 0 Å². The molecule has 8 nitrogen and oxygen atoms in total. The van der Waals surface area contributed by atoms with Gasteiger partial charge in [0.15, 0.2) is 11.5 Å². The zero-order valence-corrected chi connectivity index (χ0v) is 18.6. The van der Waals surface area contributed by atoms with Crippen LogP contribution < -0.4 is 14.2 Å². The molecule has 0 saturated carbocycles. The summed E-state index contributed by atoms with van der Waals surface area (Å²) < 4.78 is 23.0. The minimum absolute atomic E-state index is 0.233. The Morgan fingerprint density at radius 3 is 2.50 bits per heavy atom. The van der Waals surface area contributed by atoms with Crippen LogP contribution in [0.4, 0.5) is 0 Å². The minimum atomic E-state index is -0.842. The quantitative estimate of drug-likeness (QED) is 0.462. The summed E-state index contributed by atoms with van der Waals surface area (Å²) in [5, 5.41) is 5.58. The van der Waals surface area contributed by atoms with Crippen molar-refractivity contribution in [2.45, 2.75) is 27.0 Å². The highest BCUT2D eigenvalue weighted by molar-refractivity contribution is 9.10. The van der Waals surface area contributed by atoms with Crippen molar-refractivity contribution in [3.05, 3.63) is 52.0 Å². The summed E-state index contributed by atoms with van der Waals surface area (Å²) in [7, 11) is 1.54. The van der Waals surface area contributed by atoms with E-state index in [2.05, 4.69) is 21.0 Å². The molecule has 0 saturated heterocycles. The van der Waals surface area contributed by atoms with Crippen molar-refractivity contribution in [1.82, 2.24) is 5.01 Å². The number of nitrogens with zero attached hydrogens (tertiary/aromatic N) is 2. The number of hydrogen-bond donors (Lipinski definition) is 0. The van der Waals surface area contributed by atoms with Crippen LogP contribution in [0.25, 0.3) is 0 Å². The first-order valence-electron chi connectivity index (χ1n) is 9.18. The van der Waals surface area contributed by atoms with Gasteiger partial charge in [0.05, 0.1) is 19.3 Å². The number of carbonyl (C=O) groups is 2. The smallest absolute Gasteiger partial charge is 0.308 e. The highest BCUT2D eigenvalue weighted by Gasteiger charge is 2.35. The third-order valence-electron chi connectivity index (χ3n) is 4.16. The summed E-state index contributed by atoms with van der Waals surface area (Å²) in [6.45, 7) is 4.93. The summed E-state index contributed by atoms with van der Waals surface area (Å²) >= 11 is 3.42. The van der Waals surface area contributed by atoms with Crippen LogP contribution in [0, 0.1) is 0 Å². The van der Waals surface area contributed by atoms with Crippen molar-refractivity contribution in [1.29, 1.82) is 0 Å². The molecule has 0 bridgehead atoms. The number of benzene rings is 2. The number of hydrogen-bond acceptors (Lipinski definition) is 7. The van der Waals surface area contributed by atoms with Crippen molar-refractivity contribution in [3.8, 4) is 17.2 Å². The predicted octanol–water partition coefficient (Wildman–Crippen LogP) is 4.02. The monoisotopic (exact) mass is 476 g/mol. The van der Waals surface area contributed by atoms with Crippen molar-refractivity contribution < 1.29 is 28.5 Å². The maximum absolute atomic E-state index is 12.2. The van der Waals surface area contributed by atoms with Crippen LogP contribution in [0.2, 0.25) is 0 Å². The van der Waals surface area contributed by atoms with Crippen molar-refractivity contribution in [2.75, 3.05) is 13.7 Å². The third-order valence-corrected chi connectivity index (χ3v) is 4.66. The van der Waals surface area contributed by atoms with E-state index >= 15 is 0 Å². The molecule has 9 heteroatoms. The second-order valence-electron chi connectivity index (χ2n) is 6.32. The normalized spacial score (nSPS) is 15.3. The molecule has 0 spiro atoms. The van der Waals surface area contributed by atoms with Crippen LogP contribution >= 0.6 is 15.9 Å². The summed E-state index contributed by atoms with van der Waals surface area (Å²) in [5.74, 6) is 0.636. The Hall–Kier alpha value is -3.07. The molecular formula is C21H21BrN2O6. The van der Waals surface area contributed by atoms with Gasteiger partial charge in [0.2, 0.25) is 18.0 Å². The second kappa shape index (κ2) is 9.17. The van der Waals surface area contributed by atoms with E-state index in [1.807, 2.05) is 13.0 Å². The average Bonchev–Trinajstić information content (AvgIpc) is 3.14. The van der Waals surface area contributed by atoms with Crippen LogP contribution in [-0.4, -0.2) is 36.5 Å². The van der Waals surface area contributed by atoms with Crippen LogP contribution in [0.5, 0.6) is 17.2 Å². The molecule has 1 aliphatic rings. The van der Waals surface area contributed by atoms with Crippen LogP contribution in [0.1, 0.15) is 38.1 Å². The number of methoxy groups -OCH3 is 1. The molecule has 1 aliphatic heterocycles. The molecule has 3 rings (SSSR count). The summed E-state index contributed by atoms with van der Waals surface area (Å²) in [5.41, 5.74) is 1.16. The van der Waals surface area contributed by atoms with Gasteiger partial charge in [0.25, 0.3) is 0 Å². The summed E-state index contributed by atoms with van der Waals surface area (Å²) in [6, 6.07) is 10.4. The molecule has 0 N–H and O–H groups in total. The number of rotatable bonds is 6. The third kappa shape index (κ3) is 4.56. The highest BCUT2D eigenvalue weighted by Crippen LogP contribution is 2.37. The number of ether oxygens (including phenoxy) is 4. The van der Waals surface area contributed by atoms with Crippen LogP contribution in [0.15, 0.2) is 46.0 Å². The molecule has 1 amide bonds. The van der Waals surface area contributed by atoms with Crippen LogP contribution in [0.3, 0.4) is 0 Å². The van der Waals surface area contributed by atoms with E-state index < -0.39 is 12.2 Å². The molecule has 1 heterocycles. The maximum Gasteiger partial charge on any atom is 0.308 e. The molecule has 1 atom stereocenters. The van der Waals surface area contributed by atoms with Gasteiger partial charge < -0.3 is 18.9 Å². The fourth-order valence-electron chi connectivity index (χ4n) is 2.93. The molecule has 0 fully saturated rings. The highest BCUT2D eigenvalue weighted by atomic mass is 79.9. The summed E-state index contributed by atoms with van der Waals surface area (Å²) in [6.07, 6.45) is -0.842. The Bertz CT molecular complexity index is 1010. The number of carbonyl (C=O) groups excluding carboxylic acids is 2. The lowest BCUT2D eigenvalue weighted by Crippen LogP contribution is -2.25. The molecule has 30 heavy (non-hydrogen) atoms. The van der Waals surface area contributed by atoms with Gasteiger partial charge in [-0.1, -0.05) is 15.9 Å². The van der Waals surface area contributed by atoms with E-state index in [-0.39, 0.29) is 17.6 Å². The lowest BCUT2D eigenvalue weighted by Gasteiger charge is -2.20. The van der Waals surface area contributed by atoms with Gasteiger partial charge in [-0.3, -0.25) is 9.59 Å². The lowest BCUT2D eigenvalue weighted by molar-refractivity contribution is -0.135. The number of esters is 1. The Kier molecular flexibility index (Phi) is 6.61. The van der Waals surface area contributed by atoms with Crippen LogP contribution in [-0.2, 0) is 14.3 Å². The Morgan fingerprint density at radius 1 is 1.13 bits per heavy atom. The molecule has 0 aliphatic carbocycles. The molecule has 2 aromatic carbocycles. The Labute approximate surface area is 182 Å². The van der Waals surface area contributed by atoms with E-state index in [9.17, 15) is 9.59 Å². The van der Waals surface area contributed by atoms with Crippen molar-refractivity contribution >= 4 is 33.7 Å². The fraction of sp³-hybridized carbons (Fsp3) is 0.286. The van der Waals surface area contributed by atoms with Gasteiger partial charge in [-0.15, -0.1) is 5.10 Å². The van der Waals surface area contributed by atoms with E-state index in [4.69, 9.17) is 18.9 Å². The first kappa shape index (κ1) is 21.6. The molecule has 0 unspecified atom stereocenters. The first-order chi connectivity index (χ1) is 14.3.